The first-order valence-electron chi connectivity index (χ1n) is 13.2. The zero-order chi connectivity index (χ0) is 28.1. The molecule has 5 rings (SSSR count). The number of nitrogens with one attached hydrogen (secondary N) is 2. The molecule has 39 heavy (non-hydrogen) atoms. The number of rotatable bonds is 9. The number of benzene rings is 1. The minimum absolute atomic E-state index is 0.0529. The van der Waals surface area contributed by atoms with E-state index >= 15 is 4.39 Å². The maximum atomic E-state index is 15.5. The van der Waals surface area contributed by atoms with Gasteiger partial charge in [-0.25, -0.2) is 17.8 Å². The lowest BCUT2D eigenvalue weighted by Gasteiger charge is -2.44. The Morgan fingerprint density at radius 2 is 1.95 bits per heavy atom. The Morgan fingerprint density at radius 1 is 1.21 bits per heavy atom. The summed E-state index contributed by atoms with van der Waals surface area (Å²) in [7, 11) is -1.90. The first-order valence-corrected chi connectivity index (χ1v) is 15.1. The molecule has 0 bridgehead atoms. The van der Waals surface area contributed by atoms with Crippen LogP contribution in [0.2, 0.25) is 0 Å². The molecule has 3 aromatic rings. The third kappa shape index (κ3) is 4.93. The molecule has 1 saturated carbocycles. The second-order valence-electron chi connectivity index (χ2n) is 10.9. The van der Waals surface area contributed by atoms with E-state index in [2.05, 4.69) is 26.9 Å². The van der Waals surface area contributed by atoms with Gasteiger partial charge in [0.25, 0.3) is 0 Å². The third-order valence-electron chi connectivity index (χ3n) is 7.69. The Hall–Kier alpha value is -3.31. The summed E-state index contributed by atoms with van der Waals surface area (Å²) in [5.41, 5.74) is 2.21. The van der Waals surface area contributed by atoms with Crippen LogP contribution in [0.25, 0.3) is 22.0 Å². The van der Waals surface area contributed by atoms with Gasteiger partial charge < -0.3 is 15.0 Å². The maximum absolute atomic E-state index is 15.5. The highest BCUT2D eigenvalue weighted by atomic mass is 32.2. The Morgan fingerprint density at radius 3 is 2.62 bits per heavy atom. The molecule has 1 aliphatic carbocycles. The molecule has 0 radical (unpaired) electrons. The highest BCUT2D eigenvalue weighted by molar-refractivity contribution is 7.92. The Kier molecular flexibility index (Phi) is 7.00. The van der Waals surface area contributed by atoms with E-state index in [1.807, 2.05) is 13.8 Å². The van der Waals surface area contributed by atoms with Crippen LogP contribution in [0.3, 0.4) is 0 Å². The molecule has 1 spiro atoms. The summed E-state index contributed by atoms with van der Waals surface area (Å²) in [5.74, 6) is 0.0963. The van der Waals surface area contributed by atoms with Gasteiger partial charge in [0.05, 0.1) is 29.1 Å². The number of pyridine rings is 2. The van der Waals surface area contributed by atoms with Crippen LogP contribution in [0.4, 0.5) is 15.8 Å². The normalized spacial score (nSPS) is 20.5. The average molecular weight is 556 g/mol. The number of amides is 1. The molecule has 1 aliphatic heterocycles. The van der Waals surface area contributed by atoms with Crippen molar-refractivity contribution in [3.8, 4) is 17.0 Å². The van der Waals surface area contributed by atoms with Crippen LogP contribution in [-0.2, 0) is 20.2 Å². The van der Waals surface area contributed by atoms with E-state index in [0.717, 1.165) is 36.8 Å². The van der Waals surface area contributed by atoms with Gasteiger partial charge in [0.1, 0.15) is 18.1 Å². The number of carbonyl (C=O) groups excluding carboxylic acids is 1. The fourth-order valence-electron chi connectivity index (χ4n) is 5.79. The summed E-state index contributed by atoms with van der Waals surface area (Å²) >= 11 is 0. The van der Waals surface area contributed by atoms with Crippen molar-refractivity contribution in [3.05, 3.63) is 42.0 Å². The molecule has 1 aromatic carbocycles. The molecule has 1 amide bonds. The molecule has 3 heterocycles. The van der Waals surface area contributed by atoms with Gasteiger partial charge in [0.15, 0.2) is 0 Å². The molecular formula is C28H34FN5O4S. The highest BCUT2D eigenvalue weighted by Gasteiger charge is 2.57. The molecule has 1 fully saturated rings. The van der Waals surface area contributed by atoms with Gasteiger partial charge in [-0.3, -0.25) is 14.5 Å². The van der Waals surface area contributed by atoms with Crippen LogP contribution >= 0.6 is 0 Å². The summed E-state index contributed by atoms with van der Waals surface area (Å²) in [6.07, 6.45) is 6.66. The first kappa shape index (κ1) is 27.3. The monoisotopic (exact) mass is 555 g/mol. The summed E-state index contributed by atoms with van der Waals surface area (Å²) in [6.45, 7) is 6.96. The quantitative estimate of drug-likeness (QED) is 0.380. The zero-order valence-electron chi connectivity index (χ0n) is 22.8. The van der Waals surface area contributed by atoms with Crippen molar-refractivity contribution >= 4 is 38.2 Å². The van der Waals surface area contributed by atoms with Gasteiger partial charge in [0, 0.05) is 54.0 Å². The van der Waals surface area contributed by atoms with Gasteiger partial charge in [-0.15, -0.1) is 0 Å². The van der Waals surface area contributed by atoms with E-state index in [1.54, 1.807) is 24.2 Å². The number of carbonyl (C=O) groups is 1. The SMILES string of the molecule is CCC1CC2(C1)C(=O)N(C)c1cnc3cc(F)c(-c4cnc(OCCNC(C)C)c(NS(C)(=O)=O)c4)cc3c12. The van der Waals surface area contributed by atoms with Crippen LogP contribution in [0.1, 0.15) is 45.6 Å². The van der Waals surface area contributed by atoms with Gasteiger partial charge in [0.2, 0.25) is 21.8 Å². The number of halogens is 1. The van der Waals surface area contributed by atoms with Gasteiger partial charge in [-0.2, -0.15) is 0 Å². The van der Waals surface area contributed by atoms with Crippen LogP contribution in [0.5, 0.6) is 5.88 Å². The lowest BCUT2D eigenvalue weighted by Crippen LogP contribution is -2.48. The smallest absolute Gasteiger partial charge is 0.238 e. The molecule has 2 N–H and O–H groups in total. The number of fused-ring (bicyclic) bond motifs is 4. The topological polar surface area (TPSA) is 114 Å². The molecule has 0 unspecified atom stereocenters. The molecule has 2 aliphatic rings. The van der Waals surface area contributed by atoms with Crippen molar-refractivity contribution in [1.82, 2.24) is 15.3 Å². The summed E-state index contributed by atoms with van der Waals surface area (Å²) in [5, 5.41) is 3.94. The summed E-state index contributed by atoms with van der Waals surface area (Å²) in [6, 6.07) is 4.86. The Bertz CT molecular complexity index is 1550. The fraction of sp³-hybridized carbons (Fsp3) is 0.464. The van der Waals surface area contributed by atoms with Crippen molar-refractivity contribution in [2.24, 2.45) is 5.92 Å². The number of hydrogen-bond donors (Lipinski definition) is 2. The van der Waals surface area contributed by atoms with Crippen molar-refractivity contribution < 1.29 is 22.3 Å². The summed E-state index contributed by atoms with van der Waals surface area (Å²) < 4.78 is 47.8. The van der Waals surface area contributed by atoms with Gasteiger partial charge in [-0.05, 0) is 30.9 Å². The molecule has 208 valence electrons. The minimum atomic E-state index is -3.66. The summed E-state index contributed by atoms with van der Waals surface area (Å²) in [4.78, 5) is 23.8. The number of hydrogen-bond acceptors (Lipinski definition) is 7. The van der Waals surface area contributed by atoms with E-state index in [0.29, 0.717) is 28.9 Å². The molecule has 0 atom stereocenters. The van der Waals surface area contributed by atoms with E-state index in [4.69, 9.17) is 4.74 Å². The highest BCUT2D eigenvalue weighted by Crippen LogP contribution is 2.58. The van der Waals surface area contributed by atoms with E-state index in [-0.39, 0.29) is 35.7 Å². The van der Waals surface area contributed by atoms with Gasteiger partial charge in [-0.1, -0.05) is 27.2 Å². The van der Waals surface area contributed by atoms with E-state index in [9.17, 15) is 13.2 Å². The second kappa shape index (κ2) is 10.0. The lowest BCUT2D eigenvalue weighted by molar-refractivity contribution is -0.127. The second-order valence-corrected chi connectivity index (χ2v) is 12.7. The van der Waals surface area contributed by atoms with Crippen molar-refractivity contribution in [2.75, 3.05) is 36.1 Å². The van der Waals surface area contributed by atoms with Crippen LogP contribution < -0.4 is 19.7 Å². The van der Waals surface area contributed by atoms with Gasteiger partial charge >= 0.3 is 0 Å². The molecule has 11 heteroatoms. The number of ether oxygens (including phenoxy) is 1. The lowest BCUT2D eigenvalue weighted by atomic mass is 9.58. The Balaban J connectivity index is 1.59. The van der Waals surface area contributed by atoms with Crippen molar-refractivity contribution in [2.45, 2.75) is 51.5 Å². The number of nitrogens with zero attached hydrogens (tertiary/aromatic N) is 3. The molecule has 0 saturated heterocycles. The van der Waals surface area contributed by atoms with Crippen LogP contribution in [0.15, 0.2) is 30.6 Å². The standard InChI is InChI=1S/C28H34FN5O4S/c1-6-17-12-28(13-17)25-20-10-19(21(29)11-22(20)31-15-24(25)34(4)27(28)35)18-9-23(33-39(5,36)37)26(32-14-18)38-8-7-30-16(2)3/h9-11,14-17,30,33H,6-8,12-13H2,1-5H3. The molecule has 2 aromatic heterocycles. The number of aromatic nitrogens is 2. The van der Waals surface area contributed by atoms with Crippen LogP contribution in [0, 0.1) is 11.7 Å². The largest absolute Gasteiger partial charge is 0.475 e. The van der Waals surface area contributed by atoms with E-state index in [1.165, 1.54) is 18.3 Å². The number of sulfonamides is 1. The average Bonchev–Trinajstić information content (AvgIpc) is 3.07. The predicted molar refractivity (Wildman–Crippen MR) is 150 cm³/mol. The Labute approximate surface area is 228 Å². The number of likely N-dealkylation sites (N-methyl/N-ethyl adjacent to an activating group) is 1. The maximum Gasteiger partial charge on any atom is 0.238 e. The molecule has 9 nitrogen and oxygen atoms in total. The zero-order valence-corrected chi connectivity index (χ0v) is 23.7. The fourth-order valence-corrected chi connectivity index (χ4v) is 6.34. The minimum Gasteiger partial charge on any atom is -0.475 e. The van der Waals surface area contributed by atoms with Crippen molar-refractivity contribution in [3.63, 3.8) is 0 Å². The third-order valence-corrected chi connectivity index (χ3v) is 8.28. The number of anilines is 2. The first-order chi connectivity index (χ1) is 18.4. The predicted octanol–water partition coefficient (Wildman–Crippen LogP) is 4.22. The van der Waals surface area contributed by atoms with Crippen molar-refractivity contribution in [1.29, 1.82) is 0 Å². The van der Waals surface area contributed by atoms with E-state index < -0.39 is 21.3 Å². The van der Waals surface area contributed by atoms with Crippen LogP contribution in [-0.4, -0.2) is 56.8 Å². The molecular weight excluding hydrogens is 521 g/mol.